The van der Waals surface area contributed by atoms with Crippen LogP contribution in [-0.2, 0) is 6.54 Å². The van der Waals surface area contributed by atoms with Crippen LogP contribution in [0.15, 0.2) is 18.2 Å². The molecule has 2 saturated heterocycles. The van der Waals surface area contributed by atoms with Gasteiger partial charge in [0.2, 0.25) is 0 Å². The number of piperidine rings is 1. The first-order chi connectivity index (χ1) is 8.74. The predicted octanol–water partition coefficient (Wildman–Crippen LogP) is 2.57. The Balaban J connectivity index is 0.00000133. The number of nitrogens with zero attached hydrogens (tertiary/aromatic N) is 1. The van der Waals surface area contributed by atoms with Gasteiger partial charge in [-0.15, -0.1) is 12.4 Å². The van der Waals surface area contributed by atoms with Crippen LogP contribution in [0.5, 0.6) is 0 Å². The minimum absolute atomic E-state index is 0. The molecule has 5 heteroatoms. The topological polar surface area (TPSA) is 15.3 Å². The average Bonchev–Trinajstić information content (AvgIpc) is 2.81. The molecule has 0 aliphatic carbocycles. The van der Waals surface area contributed by atoms with Crippen LogP contribution >= 0.6 is 12.4 Å². The van der Waals surface area contributed by atoms with Crippen molar-refractivity contribution in [2.45, 2.75) is 25.4 Å². The lowest BCUT2D eigenvalue weighted by molar-refractivity contribution is 0.153. The van der Waals surface area contributed by atoms with Crippen molar-refractivity contribution in [1.29, 1.82) is 0 Å². The Kier molecular flexibility index (Phi) is 4.76. The van der Waals surface area contributed by atoms with Crippen molar-refractivity contribution < 1.29 is 8.78 Å². The van der Waals surface area contributed by atoms with Gasteiger partial charge < -0.3 is 5.32 Å². The third-order valence-corrected chi connectivity index (χ3v) is 4.18. The molecular formula is C14H19ClF2N2. The molecule has 2 aliphatic heterocycles. The summed E-state index contributed by atoms with van der Waals surface area (Å²) in [5.41, 5.74) is 0.210. The Morgan fingerprint density at radius 1 is 1.21 bits per heavy atom. The van der Waals surface area contributed by atoms with Crippen LogP contribution in [0.25, 0.3) is 0 Å². The Labute approximate surface area is 118 Å². The lowest BCUT2D eigenvalue weighted by atomic mass is 9.93. The first-order valence-electron chi connectivity index (χ1n) is 6.62. The quantitative estimate of drug-likeness (QED) is 0.900. The molecule has 2 aliphatic rings. The van der Waals surface area contributed by atoms with E-state index in [1.54, 1.807) is 0 Å². The monoisotopic (exact) mass is 288 g/mol. The molecule has 2 nitrogen and oxygen atoms in total. The second kappa shape index (κ2) is 6.16. The zero-order valence-corrected chi connectivity index (χ0v) is 11.6. The zero-order valence-electron chi connectivity index (χ0n) is 10.7. The van der Waals surface area contributed by atoms with Crippen LogP contribution in [0.2, 0.25) is 0 Å². The van der Waals surface area contributed by atoms with E-state index in [0.717, 1.165) is 26.1 Å². The van der Waals surface area contributed by atoms with E-state index in [1.165, 1.54) is 24.6 Å². The molecule has 19 heavy (non-hydrogen) atoms. The Morgan fingerprint density at radius 3 is 2.68 bits per heavy atom. The largest absolute Gasteiger partial charge is 0.314 e. The van der Waals surface area contributed by atoms with Crippen molar-refractivity contribution in [2.24, 2.45) is 5.92 Å². The molecule has 1 aromatic rings. The molecule has 0 bridgehead atoms. The molecule has 2 heterocycles. The van der Waals surface area contributed by atoms with Crippen LogP contribution < -0.4 is 5.32 Å². The maximum absolute atomic E-state index is 13.6. The highest BCUT2D eigenvalue weighted by Gasteiger charge is 2.32. The van der Waals surface area contributed by atoms with E-state index in [0.29, 0.717) is 18.5 Å². The van der Waals surface area contributed by atoms with Crippen molar-refractivity contribution in [3.63, 3.8) is 0 Å². The maximum atomic E-state index is 13.6. The standard InChI is InChI=1S/C14H18F2N2.ClH/c15-12-2-1-3-13(16)11(12)9-18-7-5-14-10(8-18)4-6-17-14;/h1-3,10,14,17H,4-9H2;1H. The Hall–Kier alpha value is -0.710. The van der Waals surface area contributed by atoms with Crippen molar-refractivity contribution in [3.8, 4) is 0 Å². The van der Waals surface area contributed by atoms with E-state index >= 15 is 0 Å². The van der Waals surface area contributed by atoms with Crippen LogP contribution in [0.1, 0.15) is 18.4 Å². The first kappa shape index (κ1) is 14.7. The summed E-state index contributed by atoms with van der Waals surface area (Å²) in [6.07, 6.45) is 2.27. The SMILES string of the molecule is Cl.Fc1cccc(F)c1CN1CCC2NCCC2C1. The number of hydrogen-bond acceptors (Lipinski definition) is 2. The number of rotatable bonds is 2. The van der Waals surface area contributed by atoms with Gasteiger partial charge in [0.1, 0.15) is 11.6 Å². The van der Waals surface area contributed by atoms with Gasteiger partial charge in [-0.05, 0) is 44.0 Å². The van der Waals surface area contributed by atoms with E-state index in [-0.39, 0.29) is 18.0 Å². The van der Waals surface area contributed by atoms with Crippen LogP contribution in [-0.4, -0.2) is 30.6 Å². The lowest BCUT2D eigenvalue weighted by Crippen LogP contribution is -2.44. The fourth-order valence-electron chi connectivity index (χ4n) is 3.17. The van der Waals surface area contributed by atoms with E-state index in [9.17, 15) is 8.78 Å². The minimum atomic E-state index is -0.429. The van der Waals surface area contributed by atoms with Crippen LogP contribution in [0, 0.1) is 17.6 Å². The summed E-state index contributed by atoms with van der Waals surface area (Å²) >= 11 is 0. The van der Waals surface area contributed by atoms with E-state index in [4.69, 9.17) is 0 Å². The van der Waals surface area contributed by atoms with Gasteiger partial charge in [-0.1, -0.05) is 6.07 Å². The van der Waals surface area contributed by atoms with Gasteiger partial charge in [0.15, 0.2) is 0 Å². The summed E-state index contributed by atoms with van der Waals surface area (Å²) in [4.78, 5) is 2.18. The predicted molar refractivity (Wildman–Crippen MR) is 73.4 cm³/mol. The summed E-state index contributed by atoms with van der Waals surface area (Å²) < 4.78 is 27.2. The lowest BCUT2D eigenvalue weighted by Gasteiger charge is -2.34. The molecule has 2 fully saturated rings. The van der Waals surface area contributed by atoms with Crippen molar-refractivity contribution in [2.75, 3.05) is 19.6 Å². The zero-order chi connectivity index (χ0) is 12.5. The molecular weight excluding hydrogens is 270 g/mol. The Morgan fingerprint density at radius 2 is 1.95 bits per heavy atom. The van der Waals surface area contributed by atoms with Gasteiger partial charge in [-0.25, -0.2) is 8.78 Å². The van der Waals surface area contributed by atoms with Gasteiger partial charge >= 0.3 is 0 Å². The van der Waals surface area contributed by atoms with E-state index < -0.39 is 11.6 Å². The highest BCUT2D eigenvalue weighted by Crippen LogP contribution is 2.26. The molecule has 1 N–H and O–H groups in total. The molecule has 0 amide bonds. The van der Waals surface area contributed by atoms with Crippen LogP contribution in [0.4, 0.5) is 8.78 Å². The van der Waals surface area contributed by atoms with Crippen molar-refractivity contribution in [1.82, 2.24) is 10.2 Å². The van der Waals surface area contributed by atoms with E-state index in [1.807, 2.05) is 0 Å². The van der Waals surface area contributed by atoms with Gasteiger partial charge in [0, 0.05) is 24.7 Å². The van der Waals surface area contributed by atoms with Crippen LogP contribution in [0.3, 0.4) is 0 Å². The molecule has 3 rings (SSSR count). The summed E-state index contributed by atoms with van der Waals surface area (Å²) in [5.74, 6) is -0.211. The van der Waals surface area contributed by atoms with Gasteiger partial charge in [0.25, 0.3) is 0 Å². The molecule has 2 atom stereocenters. The van der Waals surface area contributed by atoms with Gasteiger partial charge in [-0.2, -0.15) is 0 Å². The number of benzene rings is 1. The number of nitrogens with one attached hydrogen (secondary N) is 1. The second-order valence-corrected chi connectivity index (χ2v) is 5.33. The van der Waals surface area contributed by atoms with Crippen molar-refractivity contribution >= 4 is 12.4 Å². The van der Waals surface area contributed by atoms with E-state index in [2.05, 4.69) is 10.2 Å². The Bertz CT molecular complexity index is 421. The molecule has 0 radical (unpaired) electrons. The number of fused-ring (bicyclic) bond motifs is 1. The molecule has 106 valence electrons. The highest BCUT2D eigenvalue weighted by atomic mass is 35.5. The smallest absolute Gasteiger partial charge is 0.130 e. The fraction of sp³-hybridized carbons (Fsp3) is 0.571. The maximum Gasteiger partial charge on any atom is 0.130 e. The minimum Gasteiger partial charge on any atom is -0.314 e. The third-order valence-electron chi connectivity index (χ3n) is 4.18. The molecule has 1 aromatic carbocycles. The summed E-state index contributed by atoms with van der Waals surface area (Å²) in [5, 5.41) is 3.49. The van der Waals surface area contributed by atoms with Crippen molar-refractivity contribution in [3.05, 3.63) is 35.4 Å². The first-order valence-corrected chi connectivity index (χ1v) is 6.62. The third kappa shape index (κ3) is 3.07. The van der Waals surface area contributed by atoms with Gasteiger partial charge in [0.05, 0.1) is 0 Å². The summed E-state index contributed by atoms with van der Waals surface area (Å²) in [6, 6.07) is 4.71. The normalized spacial score (nSPS) is 26.8. The fourth-order valence-corrected chi connectivity index (χ4v) is 3.17. The number of hydrogen-bond donors (Lipinski definition) is 1. The highest BCUT2D eigenvalue weighted by molar-refractivity contribution is 5.85. The second-order valence-electron chi connectivity index (χ2n) is 5.33. The van der Waals surface area contributed by atoms with Gasteiger partial charge in [-0.3, -0.25) is 4.90 Å². The molecule has 0 aromatic heterocycles. The molecule has 2 unspecified atom stereocenters. The molecule has 0 saturated carbocycles. The summed E-state index contributed by atoms with van der Waals surface area (Å²) in [6.45, 7) is 3.34. The number of likely N-dealkylation sites (tertiary alicyclic amines) is 1. The summed E-state index contributed by atoms with van der Waals surface area (Å²) in [7, 11) is 0. The average molecular weight is 289 g/mol. The molecule has 0 spiro atoms. The number of halogens is 3.